The largest absolute Gasteiger partial charge is 0.356 e. The van der Waals surface area contributed by atoms with Gasteiger partial charge in [0.05, 0.1) is 10.6 Å². The molecule has 25 heavy (non-hydrogen) atoms. The summed E-state index contributed by atoms with van der Waals surface area (Å²) in [7, 11) is -3.59. The first-order valence-electron chi connectivity index (χ1n) is 8.35. The fourth-order valence-electron chi connectivity index (χ4n) is 3.23. The first kappa shape index (κ1) is 17.5. The molecule has 1 aliphatic rings. The molecular formula is C19H22N2O3S. The van der Waals surface area contributed by atoms with E-state index in [1.165, 1.54) is 11.2 Å². The molecule has 0 fully saturated rings. The summed E-state index contributed by atoms with van der Waals surface area (Å²) < 4.78 is 27.7. The molecule has 2 aromatic rings. The zero-order valence-corrected chi connectivity index (χ0v) is 15.2. The van der Waals surface area contributed by atoms with Crippen LogP contribution in [0.25, 0.3) is 0 Å². The van der Waals surface area contributed by atoms with Gasteiger partial charge in [0.15, 0.2) is 0 Å². The highest BCUT2D eigenvalue weighted by Crippen LogP contribution is 2.36. The Morgan fingerprint density at radius 2 is 1.84 bits per heavy atom. The number of hydrogen-bond acceptors (Lipinski definition) is 3. The fraction of sp³-hybridized carbons (Fsp3) is 0.316. The van der Waals surface area contributed by atoms with Crippen LogP contribution in [0.4, 0.5) is 5.69 Å². The minimum absolute atomic E-state index is 0.0686. The summed E-state index contributed by atoms with van der Waals surface area (Å²) in [6.07, 6.45) is 1.40. The number of amides is 1. The van der Waals surface area contributed by atoms with Crippen LogP contribution >= 0.6 is 0 Å². The molecule has 1 amide bonds. The molecular weight excluding hydrogens is 336 g/mol. The average molecular weight is 358 g/mol. The van der Waals surface area contributed by atoms with Gasteiger partial charge in [0.2, 0.25) is 5.91 Å². The van der Waals surface area contributed by atoms with Gasteiger partial charge in [0.1, 0.15) is 0 Å². The number of nitrogens with zero attached hydrogens (tertiary/aromatic N) is 1. The van der Waals surface area contributed by atoms with E-state index in [4.69, 9.17) is 0 Å². The molecule has 1 aliphatic heterocycles. The Hall–Kier alpha value is -2.34. The zero-order chi connectivity index (χ0) is 18.0. The van der Waals surface area contributed by atoms with E-state index in [0.29, 0.717) is 17.9 Å². The molecule has 132 valence electrons. The molecule has 0 aliphatic carbocycles. The molecule has 0 saturated heterocycles. The second-order valence-electron chi connectivity index (χ2n) is 6.36. The van der Waals surface area contributed by atoms with Crippen LogP contribution in [0.15, 0.2) is 53.4 Å². The van der Waals surface area contributed by atoms with E-state index >= 15 is 0 Å². The lowest BCUT2D eigenvalue weighted by Gasteiger charge is -2.24. The van der Waals surface area contributed by atoms with Crippen molar-refractivity contribution in [2.24, 2.45) is 0 Å². The normalized spacial score (nSPS) is 16.6. The maximum absolute atomic E-state index is 13.1. The SMILES string of the molecule is CC(=O)NCCc1ccc(S(=O)(=O)N2c3ccccc3C[C@H]2C)cc1. The van der Waals surface area contributed by atoms with Crippen LogP contribution in [0.1, 0.15) is 25.0 Å². The van der Waals surface area contributed by atoms with E-state index in [2.05, 4.69) is 5.32 Å². The third-order valence-electron chi connectivity index (χ3n) is 4.41. The summed E-state index contributed by atoms with van der Waals surface area (Å²) in [5.41, 5.74) is 2.82. The smallest absolute Gasteiger partial charge is 0.264 e. The number of hydrogen-bond donors (Lipinski definition) is 1. The van der Waals surface area contributed by atoms with Crippen molar-refractivity contribution in [2.45, 2.75) is 37.6 Å². The molecule has 3 rings (SSSR count). The highest BCUT2D eigenvalue weighted by molar-refractivity contribution is 7.92. The Balaban J connectivity index is 1.82. The van der Waals surface area contributed by atoms with Gasteiger partial charge in [-0.05, 0) is 49.1 Å². The highest BCUT2D eigenvalue weighted by atomic mass is 32.2. The first-order valence-corrected chi connectivity index (χ1v) is 9.79. The maximum Gasteiger partial charge on any atom is 0.264 e. The molecule has 2 aromatic carbocycles. The Labute approximate surface area is 148 Å². The number of carbonyl (C=O) groups is 1. The van der Waals surface area contributed by atoms with E-state index in [-0.39, 0.29) is 11.9 Å². The van der Waals surface area contributed by atoms with Crippen molar-refractivity contribution in [3.63, 3.8) is 0 Å². The van der Waals surface area contributed by atoms with Crippen molar-refractivity contribution < 1.29 is 13.2 Å². The van der Waals surface area contributed by atoms with Gasteiger partial charge in [-0.3, -0.25) is 9.10 Å². The van der Waals surface area contributed by atoms with E-state index < -0.39 is 10.0 Å². The number of fused-ring (bicyclic) bond motifs is 1. The quantitative estimate of drug-likeness (QED) is 0.893. The molecule has 5 nitrogen and oxygen atoms in total. The lowest BCUT2D eigenvalue weighted by Crippen LogP contribution is -2.35. The highest BCUT2D eigenvalue weighted by Gasteiger charge is 2.35. The summed E-state index contributed by atoms with van der Waals surface area (Å²) in [6.45, 7) is 3.95. The summed E-state index contributed by atoms with van der Waals surface area (Å²) >= 11 is 0. The Bertz CT molecular complexity index is 876. The van der Waals surface area contributed by atoms with E-state index in [1.807, 2.05) is 31.2 Å². The van der Waals surface area contributed by atoms with Crippen LogP contribution in [0.3, 0.4) is 0 Å². The van der Waals surface area contributed by atoms with Crippen molar-refractivity contribution in [1.29, 1.82) is 0 Å². The van der Waals surface area contributed by atoms with Gasteiger partial charge < -0.3 is 5.32 Å². The van der Waals surface area contributed by atoms with E-state index in [9.17, 15) is 13.2 Å². The molecule has 0 aromatic heterocycles. The number of nitrogens with one attached hydrogen (secondary N) is 1. The summed E-state index contributed by atoms with van der Waals surface area (Å²) in [4.78, 5) is 11.2. The number of sulfonamides is 1. The van der Waals surface area contributed by atoms with Crippen molar-refractivity contribution in [3.8, 4) is 0 Å². The number of anilines is 1. The number of carbonyl (C=O) groups excluding carboxylic acids is 1. The van der Waals surface area contributed by atoms with Gasteiger partial charge in [-0.1, -0.05) is 30.3 Å². The van der Waals surface area contributed by atoms with Gasteiger partial charge in [0, 0.05) is 19.5 Å². The summed E-state index contributed by atoms with van der Waals surface area (Å²) in [5.74, 6) is -0.0686. The minimum atomic E-state index is -3.59. The number of para-hydroxylation sites is 1. The number of benzene rings is 2. The molecule has 1 atom stereocenters. The molecule has 0 bridgehead atoms. The van der Waals surface area contributed by atoms with Gasteiger partial charge in [-0.15, -0.1) is 0 Å². The third kappa shape index (κ3) is 3.54. The molecule has 1 N–H and O–H groups in total. The first-order chi connectivity index (χ1) is 11.9. The maximum atomic E-state index is 13.1. The summed E-state index contributed by atoms with van der Waals surface area (Å²) in [6, 6.07) is 14.4. The second-order valence-corrected chi connectivity index (χ2v) is 8.17. The van der Waals surface area contributed by atoms with Crippen LogP contribution in [0.2, 0.25) is 0 Å². The summed E-state index contributed by atoms with van der Waals surface area (Å²) in [5, 5.41) is 2.73. The van der Waals surface area contributed by atoms with Crippen molar-refractivity contribution in [1.82, 2.24) is 5.32 Å². The van der Waals surface area contributed by atoms with Crippen molar-refractivity contribution >= 4 is 21.6 Å². The van der Waals surface area contributed by atoms with Crippen LogP contribution in [0.5, 0.6) is 0 Å². The topological polar surface area (TPSA) is 66.5 Å². The second kappa shape index (κ2) is 6.88. The predicted molar refractivity (Wildman–Crippen MR) is 98.1 cm³/mol. The van der Waals surface area contributed by atoms with Gasteiger partial charge in [-0.2, -0.15) is 0 Å². The molecule has 1 heterocycles. The van der Waals surface area contributed by atoms with E-state index in [1.54, 1.807) is 24.3 Å². The van der Waals surface area contributed by atoms with Crippen LogP contribution in [-0.2, 0) is 27.7 Å². The Morgan fingerprint density at radius 3 is 2.52 bits per heavy atom. The standard InChI is InChI=1S/C19H22N2O3S/c1-14-13-17-5-3-4-6-19(17)21(14)25(23,24)18-9-7-16(8-10-18)11-12-20-15(2)22/h3-10,14H,11-13H2,1-2H3,(H,20,22)/t14-/m1/s1. The van der Waals surface area contributed by atoms with Gasteiger partial charge in [0.25, 0.3) is 10.0 Å². The lowest BCUT2D eigenvalue weighted by atomic mass is 10.1. The molecule has 6 heteroatoms. The van der Waals surface area contributed by atoms with E-state index in [0.717, 1.165) is 23.2 Å². The molecule has 0 spiro atoms. The monoisotopic (exact) mass is 358 g/mol. The third-order valence-corrected chi connectivity index (χ3v) is 6.35. The predicted octanol–water partition coefficient (Wildman–Crippen LogP) is 2.51. The van der Waals surface area contributed by atoms with Gasteiger partial charge in [-0.25, -0.2) is 8.42 Å². The van der Waals surface area contributed by atoms with Crippen LogP contribution in [-0.4, -0.2) is 26.9 Å². The Kier molecular flexibility index (Phi) is 4.81. The zero-order valence-electron chi connectivity index (χ0n) is 14.4. The Morgan fingerprint density at radius 1 is 1.16 bits per heavy atom. The minimum Gasteiger partial charge on any atom is -0.356 e. The molecule has 0 saturated carbocycles. The lowest BCUT2D eigenvalue weighted by molar-refractivity contribution is -0.118. The fourth-order valence-corrected chi connectivity index (χ4v) is 4.92. The van der Waals surface area contributed by atoms with Crippen molar-refractivity contribution in [2.75, 3.05) is 10.8 Å². The van der Waals surface area contributed by atoms with Crippen LogP contribution in [0, 0.1) is 0 Å². The van der Waals surface area contributed by atoms with Crippen molar-refractivity contribution in [3.05, 3.63) is 59.7 Å². The molecule has 0 radical (unpaired) electrons. The van der Waals surface area contributed by atoms with Gasteiger partial charge >= 0.3 is 0 Å². The van der Waals surface area contributed by atoms with Crippen LogP contribution < -0.4 is 9.62 Å². The molecule has 0 unspecified atom stereocenters. The average Bonchev–Trinajstić information content (AvgIpc) is 2.91. The number of rotatable bonds is 5.